The van der Waals surface area contributed by atoms with Gasteiger partial charge in [-0.25, -0.2) is 0 Å². The Balaban J connectivity index is 4.20. The van der Waals surface area contributed by atoms with Gasteiger partial charge in [0.05, 0.1) is 0 Å². The summed E-state index contributed by atoms with van der Waals surface area (Å²) in [7, 11) is 0. The van der Waals surface area contributed by atoms with Gasteiger partial charge >= 0.3 is 0 Å². The van der Waals surface area contributed by atoms with Crippen LogP contribution in [0.1, 0.15) is 20.8 Å². The molecule has 62 valence electrons. The van der Waals surface area contributed by atoms with Gasteiger partial charge in [0.1, 0.15) is 0 Å². The Hall–Kier alpha value is -0.980. The number of hydrogen-bond donors (Lipinski definition) is 1. The standard InChI is InChI=1S/C10H17N/c1-5-7-8-10(9(3)4)11-6-2/h5,7-8,11H,3,6H2,1-2,4H3/b7-5-,10-8+. The highest BCUT2D eigenvalue weighted by molar-refractivity contribution is 5.28. The summed E-state index contributed by atoms with van der Waals surface area (Å²) < 4.78 is 0. The Morgan fingerprint density at radius 2 is 2.18 bits per heavy atom. The third kappa shape index (κ3) is 4.43. The number of rotatable bonds is 4. The van der Waals surface area contributed by atoms with E-state index in [1.54, 1.807) is 0 Å². The Morgan fingerprint density at radius 1 is 1.55 bits per heavy atom. The molecular formula is C10H17N. The van der Waals surface area contributed by atoms with E-state index in [2.05, 4.69) is 18.8 Å². The lowest BCUT2D eigenvalue weighted by Gasteiger charge is -2.06. The summed E-state index contributed by atoms with van der Waals surface area (Å²) in [6, 6.07) is 0. The van der Waals surface area contributed by atoms with E-state index in [1.165, 1.54) is 0 Å². The first kappa shape index (κ1) is 10.0. The fourth-order valence-electron chi connectivity index (χ4n) is 0.735. The lowest BCUT2D eigenvalue weighted by Crippen LogP contribution is -2.12. The van der Waals surface area contributed by atoms with Crippen molar-refractivity contribution in [2.45, 2.75) is 20.8 Å². The minimum Gasteiger partial charge on any atom is -0.385 e. The summed E-state index contributed by atoms with van der Waals surface area (Å²) in [5.41, 5.74) is 2.19. The highest BCUT2D eigenvalue weighted by Gasteiger charge is 1.91. The predicted octanol–water partition coefficient (Wildman–Crippen LogP) is 2.63. The lowest BCUT2D eigenvalue weighted by molar-refractivity contribution is 0.863. The molecule has 0 bridgehead atoms. The van der Waals surface area contributed by atoms with Crippen LogP contribution >= 0.6 is 0 Å². The van der Waals surface area contributed by atoms with Crippen molar-refractivity contribution in [1.29, 1.82) is 0 Å². The van der Waals surface area contributed by atoms with Crippen LogP contribution in [0.15, 0.2) is 36.1 Å². The SMILES string of the molecule is C=C(C)/C(=C\C=C/C)NCC. The van der Waals surface area contributed by atoms with E-state index in [1.807, 2.05) is 32.1 Å². The molecule has 0 aliphatic heterocycles. The summed E-state index contributed by atoms with van der Waals surface area (Å²) in [6.45, 7) is 10.9. The van der Waals surface area contributed by atoms with Gasteiger partial charge in [0.15, 0.2) is 0 Å². The summed E-state index contributed by atoms with van der Waals surface area (Å²) in [4.78, 5) is 0. The first-order valence-corrected chi connectivity index (χ1v) is 3.95. The van der Waals surface area contributed by atoms with Crippen LogP contribution in [0.4, 0.5) is 0 Å². The van der Waals surface area contributed by atoms with Crippen molar-refractivity contribution < 1.29 is 0 Å². The molecule has 1 nitrogen and oxygen atoms in total. The zero-order valence-electron chi connectivity index (χ0n) is 7.65. The maximum Gasteiger partial charge on any atom is 0.0363 e. The largest absolute Gasteiger partial charge is 0.385 e. The normalized spacial score (nSPS) is 12.1. The Morgan fingerprint density at radius 3 is 2.55 bits per heavy atom. The molecule has 0 fully saturated rings. The smallest absolute Gasteiger partial charge is 0.0363 e. The molecule has 0 saturated heterocycles. The number of hydrogen-bond acceptors (Lipinski definition) is 1. The molecule has 0 aromatic heterocycles. The van der Waals surface area contributed by atoms with Gasteiger partial charge in [-0.3, -0.25) is 0 Å². The Labute approximate surface area is 69.5 Å². The van der Waals surface area contributed by atoms with Gasteiger partial charge in [-0.05, 0) is 32.4 Å². The zero-order chi connectivity index (χ0) is 8.69. The molecular weight excluding hydrogens is 134 g/mol. The van der Waals surface area contributed by atoms with E-state index < -0.39 is 0 Å². The monoisotopic (exact) mass is 151 g/mol. The predicted molar refractivity (Wildman–Crippen MR) is 51.4 cm³/mol. The molecule has 0 aliphatic carbocycles. The van der Waals surface area contributed by atoms with Crippen LogP contribution in [0.2, 0.25) is 0 Å². The average molecular weight is 151 g/mol. The average Bonchev–Trinajstić information content (AvgIpc) is 1.97. The second-order valence-corrected chi connectivity index (χ2v) is 2.42. The van der Waals surface area contributed by atoms with Gasteiger partial charge in [0, 0.05) is 12.2 Å². The van der Waals surface area contributed by atoms with Crippen molar-refractivity contribution in [1.82, 2.24) is 5.32 Å². The minimum absolute atomic E-state index is 0.941. The van der Waals surface area contributed by atoms with E-state index in [-0.39, 0.29) is 0 Å². The minimum atomic E-state index is 0.941. The second kappa shape index (κ2) is 5.78. The number of likely N-dealkylation sites (N-methyl/N-ethyl adjacent to an activating group) is 1. The van der Waals surface area contributed by atoms with Crippen LogP contribution in [0.25, 0.3) is 0 Å². The number of allylic oxidation sites excluding steroid dienone is 4. The van der Waals surface area contributed by atoms with Crippen molar-refractivity contribution in [3.05, 3.63) is 36.1 Å². The Bertz CT molecular complexity index is 175. The van der Waals surface area contributed by atoms with Crippen molar-refractivity contribution in [3.8, 4) is 0 Å². The van der Waals surface area contributed by atoms with Crippen LogP contribution in [0, 0.1) is 0 Å². The third-order valence-corrected chi connectivity index (χ3v) is 1.28. The van der Waals surface area contributed by atoms with Crippen LogP contribution in [-0.2, 0) is 0 Å². The van der Waals surface area contributed by atoms with Gasteiger partial charge in [-0.15, -0.1) is 0 Å². The van der Waals surface area contributed by atoms with Crippen LogP contribution in [0.5, 0.6) is 0 Å². The van der Waals surface area contributed by atoms with E-state index in [0.717, 1.165) is 17.8 Å². The fourth-order valence-corrected chi connectivity index (χ4v) is 0.735. The Kier molecular flexibility index (Phi) is 5.26. The van der Waals surface area contributed by atoms with Gasteiger partial charge < -0.3 is 5.32 Å². The summed E-state index contributed by atoms with van der Waals surface area (Å²) in [6.07, 6.45) is 6.04. The first-order valence-electron chi connectivity index (χ1n) is 3.95. The third-order valence-electron chi connectivity index (χ3n) is 1.28. The van der Waals surface area contributed by atoms with E-state index in [4.69, 9.17) is 0 Å². The molecule has 0 saturated carbocycles. The van der Waals surface area contributed by atoms with Gasteiger partial charge in [0.25, 0.3) is 0 Å². The van der Waals surface area contributed by atoms with Gasteiger partial charge in [0.2, 0.25) is 0 Å². The molecule has 0 spiro atoms. The molecule has 0 atom stereocenters. The van der Waals surface area contributed by atoms with E-state index in [9.17, 15) is 0 Å². The molecule has 0 heterocycles. The molecule has 0 aromatic carbocycles. The molecule has 0 aromatic rings. The van der Waals surface area contributed by atoms with E-state index >= 15 is 0 Å². The van der Waals surface area contributed by atoms with Crippen molar-refractivity contribution in [2.75, 3.05) is 6.54 Å². The lowest BCUT2D eigenvalue weighted by atomic mass is 10.2. The molecule has 0 amide bonds. The van der Waals surface area contributed by atoms with Crippen LogP contribution < -0.4 is 5.32 Å². The summed E-state index contributed by atoms with van der Waals surface area (Å²) in [5.74, 6) is 0. The summed E-state index contributed by atoms with van der Waals surface area (Å²) in [5, 5.41) is 3.23. The van der Waals surface area contributed by atoms with Crippen molar-refractivity contribution >= 4 is 0 Å². The molecule has 0 rings (SSSR count). The molecule has 0 unspecified atom stereocenters. The second-order valence-electron chi connectivity index (χ2n) is 2.42. The molecule has 1 heteroatoms. The van der Waals surface area contributed by atoms with Gasteiger partial charge in [-0.1, -0.05) is 18.7 Å². The molecule has 11 heavy (non-hydrogen) atoms. The van der Waals surface area contributed by atoms with Gasteiger partial charge in [-0.2, -0.15) is 0 Å². The van der Waals surface area contributed by atoms with Crippen molar-refractivity contribution in [3.63, 3.8) is 0 Å². The topological polar surface area (TPSA) is 12.0 Å². The first-order chi connectivity index (χ1) is 5.22. The zero-order valence-corrected chi connectivity index (χ0v) is 7.65. The quantitative estimate of drug-likeness (QED) is 0.609. The number of nitrogens with one attached hydrogen (secondary N) is 1. The molecule has 0 radical (unpaired) electrons. The van der Waals surface area contributed by atoms with Crippen LogP contribution in [0.3, 0.4) is 0 Å². The van der Waals surface area contributed by atoms with Crippen molar-refractivity contribution in [2.24, 2.45) is 0 Å². The summed E-state index contributed by atoms with van der Waals surface area (Å²) >= 11 is 0. The van der Waals surface area contributed by atoms with Crippen LogP contribution in [-0.4, -0.2) is 6.54 Å². The molecule has 1 N–H and O–H groups in total. The fraction of sp³-hybridized carbons (Fsp3) is 0.400. The molecule has 0 aliphatic rings. The highest BCUT2D eigenvalue weighted by atomic mass is 14.9. The van der Waals surface area contributed by atoms with E-state index in [0.29, 0.717) is 0 Å². The highest BCUT2D eigenvalue weighted by Crippen LogP contribution is 2.01. The maximum atomic E-state index is 3.86. The maximum absolute atomic E-state index is 3.86.